The van der Waals surface area contributed by atoms with Crippen molar-refractivity contribution in [2.75, 3.05) is 24.7 Å². The van der Waals surface area contributed by atoms with Crippen molar-refractivity contribution in [1.82, 2.24) is 10.2 Å². The second-order valence-electron chi connectivity index (χ2n) is 10.7. The van der Waals surface area contributed by atoms with Gasteiger partial charge in [0.25, 0.3) is 5.91 Å². The van der Waals surface area contributed by atoms with Crippen molar-refractivity contribution in [3.63, 3.8) is 0 Å². The summed E-state index contributed by atoms with van der Waals surface area (Å²) in [5.41, 5.74) is 0.790. The third kappa shape index (κ3) is 10.7. The molecule has 0 bridgehead atoms. The summed E-state index contributed by atoms with van der Waals surface area (Å²) in [6.45, 7) is 7.63. The molecule has 2 aromatic carbocycles. The van der Waals surface area contributed by atoms with Gasteiger partial charge in [0.2, 0.25) is 5.91 Å². The summed E-state index contributed by atoms with van der Waals surface area (Å²) in [4.78, 5) is 42.2. The molecule has 0 aliphatic heterocycles. The number of anilines is 1. The third-order valence-corrected chi connectivity index (χ3v) is 6.65. The first kappa shape index (κ1) is 33.6. The number of alkyl carbamates (subject to hydrolysis) is 1. The summed E-state index contributed by atoms with van der Waals surface area (Å²) in [5, 5.41) is 5.57. The highest BCUT2D eigenvalue weighted by molar-refractivity contribution is 7.80. The number of unbranched alkanes of at least 4 members (excludes halogenated alkanes) is 4. The molecule has 0 saturated carbocycles. The maximum atomic E-state index is 14.1. The van der Waals surface area contributed by atoms with Gasteiger partial charge in [-0.05, 0) is 63.1 Å². The summed E-state index contributed by atoms with van der Waals surface area (Å²) in [7, 11) is 1.56. The molecule has 2 atom stereocenters. The molecule has 2 unspecified atom stereocenters. The number of hydrogen-bond acceptors (Lipinski definition) is 6. The molecule has 0 fully saturated rings. The van der Waals surface area contributed by atoms with Crippen LogP contribution < -0.4 is 15.4 Å². The lowest BCUT2D eigenvalue weighted by atomic mass is 9.97. The number of nitrogens with zero attached hydrogens (tertiary/aromatic N) is 1. The molecule has 3 amide bonds. The Morgan fingerprint density at radius 1 is 1.02 bits per heavy atom. The molecule has 0 aliphatic carbocycles. The highest BCUT2D eigenvalue weighted by Gasteiger charge is 2.36. The van der Waals surface area contributed by atoms with Gasteiger partial charge >= 0.3 is 6.09 Å². The fraction of sp³-hybridized carbons (Fsp3) is 0.469. The number of ether oxygens (including phenoxy) is 2. The first-order valence-corrected chi connectivity index (χ1v) is 14.6. The van der Waals surface area contributed by atoms with Gasteiger partial charge in [0, 0.05) is 23.5 Å². The minimum absolute atomic E-state index is 0.00795. The van der Waals surface area contributed by atoms with Crippen molar-refractivity contribution in [3.05, 3.63) is 59.7 Å². The van der Waals surface area contributed by atoms with Crippen LogP contribution >= 0.6 is 12.6 Å². The zero-order valence-electron chi connectivity index (χ0n) is 24.7. The van der Waals surface area contributed by atoms with Crippen LogP contribution in [0.4, 0.5) is 10.5 Å². The van der Waals surface area contributed by atoms with Gasteiger partial charge in [0.15, 0.2) is 0 Å². The lowest BCUT2D eigenvalue weighted by Crippen LogP contribution is -2.53. The SMILES string of the molecule is C#Cc1ccccc1C(C(=O)Nc1ccc(OC)cc1)N(CCCCCCC)C(=O)C(CS)NC(=O)OC(C)(C)C. The first-order valence-electron chi connectivity index (χ1n) is 14.0. The van der Waals surface area contributed by atoms with Crippen LogP contribution in [0.15, 0.2) is 48.5 Å². The number of benzene rings is 2. The van der Waals surface area contributed by atoms with Crippen LogP contribution in [-0.4, -0.2) is 53.9 Å². The normalized spacial score (nSPS) is 12.4. The van der Waals surface area contributed by atoms with E-state index >= 15 is 0 Å². The lowest BCUT2D eigenvalue weighted by molar-refractivity contribution is -0.140. The molecule has 9 heteroatoms. The summed E-state index contributed by atoms with van der Waals surface area (Å²) in [5.74, 6) is 2.41. The molecule has 0 aliphatic rings. The first-order chi connectivity index (χ1) is 19.5. The number of rotatable bonds is 14. The van der Waals surface area contributed by atoms with E-state index in [-0.39, 0.29) is 12.3 Å². The Hall–Kier alpha value is -3.64. The van der Waals surface area contributed by atoms with Crippen LogP contribution in [0.5, 0.6) is 5.75 Å². The van der Waals surface area contributed by atoms with Gasteiger partial charge in [0.05, 0.1) is 7.11 Å². The van der Waals surface area contributed by atoms with Gasteiger partial charge < -0.3 is 25.0 Å². The summed E-state index contributed by atoms with van der Waals surface area (Å²) in [6.07, 6.45) is 9.80. The molecule has 2 rings (SSSR count). The topological polar surface area (TPSA) is 97.0 Å². The van der Waals surface area contributed by atoms with Crippen LogP contribution in [-0.2, 0) is 14.3 Å². The van der Waals surface area contributed by atoms with Crippen LogP contribution in [0.1, 0.15) is 77.0 Å². The highest BCUT2D eigenvalue weighted by atomic mass is 32.1. The van der Waals surface area contributed by atoms with Gasteiger partial charge in [0.1, 0.15) is 23.4 Å². The molecule has 0 aromatic heterocycles. The fourth-order valence-corrected chi connectivity index (χ4v) is 4.54. The van der Waals surface area contributed by atoms with Crippen LogP contribution in [0.2, 0.25) is 0 Å². The molecule has 0 heterocycles. The molecule has 0 saturated heterocycles. The van der Waals surface area contributed by atoms with E-state index in [1.165, 1.54) is 4.90 Å². The molecular weight excluding hydrogens is 538 g/mol. The number of methoxy groups -OCH3 is 1. The van der Waals surface area contributed by atoms with Crippen molar-refractivity contribution in [1.29, 1.82) is 0 Å². The van der Waals surface area contributed by atoms with E-state index in [0.717, 1.165) is 25.7 Å². The van der Waals surface area contributed by atoms with E-state index in [2.05, 4.69) is 36.1 Å². The lowest BCUT2D eigenvalue weighted by Gasteiger charge is -2.34. The summed E-state index contributed by atoms with van der Waals surface area (Å²) in [6, 6.07) is 11.9. The van der Waals surface area contributed by atoms with Crippen LogP contribution in [0.3, 0.4) is 0 Å². The quantitative estimate of drug-likeness (QED) is 0.145. The summed E-state index contributed by atoms with van der Waals surface area (Å²) >= 11 is 4.36. The number of terminal acetylenes is 1. The Kier molecular flexibility index (Phi) is 13.6. The van der Waals surface area contributed by atoms with Gasteiger partial charge in [-0.3, -0.25) is 9.59 Å². The molecule has 0 radical (unpaired) electrons. The number of hydrogen-bond donors (Lipinski definition) is 3. The Morgan fingerprint density at radius 2 is 1.68 bits per heavy atom. The van der Waals surface area contributed by atoms with E-state index in [1.807, 2.05) is 0 Å². The van der Waals surface area contributed by atoms with E-state index in [9.17, 15) is 14.4 Å². The number of thiol groups is 1. The second-order valence-corrected chi connectivity index (χ2v) is 11.0. The minimum Gasteiger partial charge on any atom is -0.497 e. The highest BCUT2D eigenvalue weighted by Crippen LogP contribution is 2.28. The number of carbonyl (C=O) groups is 3. The third-order valence-electron chi connectivity index (χ3n) is 6.29. The van der Waals surface area contributed by atoms with Gasteiger partial charge in [-0.15, -0.1) is 6.42 Å². The van der Waals surface area contributed by atoms with Gasteiger partial charge in [-0.25, -0.2) is 4.79 Å². The second kappa shape index (κ2) is 16.6. The number of amides is 3. The van der Waals surface area contributed by atoms with Crippen molar-refractivity contribution < 1.29 is 23.9 Å². The predicted octanol–water partition coefficient (Wildman–Crippen LogP) is 5.98. The van der Waals surface area contributed by atoms with Gasteiger partial charge in [-0.2, -0.15) is 12.6 Å². The number of carbonyl (C=O) groups excluding carboxylic acids is 3. The van der Waals surface area contributed by atoms with E-state index in [1.54, 1.807) is 76.4 Å². The van der Waals surface area contributed by atoms with Crippen molar-refractivity contribution >= 4 is 36.2 Å². The Labute approximate surface area is 250 Å². The minimum atomic E-state index is -1.06. The van der Waals surface area contributed by atoms with E-state index in [4.69, 9.17) is 15.9 Å². The molecule has 8 nitrogen and oxygen atoms in total. The summed E-state index contributed by atoms with van der Waals surface area (Å²) < 4.78 is 10.6. The monoisotopic (exact) mass is 581 g/mol. The zero-order valence-corrected chi connectivity index (χ0v) is 25.6. The predicted molar refractivity (Wildman–Crippen MR) is 166 cm³/mol. The molecule has 222 valence electrons. The Bertz CT molecular complexity index is 1190. The largest absolute Gasteiger partial charge is 0.497 e. The van der Waals surface area contributed by atoms with Crippen molar-refractivity contribution in [3.8, 4) is 18.1 Å². The van der Waals surface area contributed by atoms with Gasteiger partial charge in [-0.1, -0.05) is 56.7 Å². The van der Waals surface area contributed by atoms with Crippen molar-refractivity contribution in [2.45, 2.75) is 77.5 Å². The maximum Gasteiger partial charge on any atom is 0.408 e. The smallest absolute Gasteiger partial charge is 0.408 e. The fourth-order valence-electron chi connectivity index (χ4n) is 4.29. The van der Waals surface area contributed by atoms with E-state index < -0.39 is 35.6 Å². The average Bonchev–Trinajstić information content (AvgIpc) is 2.94. The molecule has 2 N–H and O–H groups in total. The maximum absolute atomic E-state index is 14.1. The number of nitrogens with one attached hydrogen (secondary N) is 2. The van der Waals surface area contributed by atoms with Crippen LogP contribution in [0.25, 0.3) is 0 Å². The zero-order chi connectivity index (χ0) is 30.4. The molecular formula is C32H43N3O5S. The Balaban J connectivity index is 2.52. The molecule has 0 spiro atoms. The van der Waals surface area contributed by atoms with Crippen molar-refractivity contribution in [2.24, 2.45) is 0 Å². The van der Waals surface area contributed by atoms with E-state index in [0.29, 0.717) is 29.0 Å². The average molecular weight is 582 g/mol. The Morgan fingerprint density at radius 3 is 2.27 bits per heavy atom. The molecule has 41 heavy (non-hydrogen) atoms. The molecule has 2 aromatic rings. The standard InChI is InChI=1S/C32H43N3O5S/c1-7-9-10-11-14-21-35(30(37)27(22-41)34-31(38)40-32(3,4)5)28(26-16-13-12-15-23(26)8-2)29(36)33-24-17-19-25(39-6)20-18-24/h2,12-13,15-20,27-28,41H,7,9-11,14,21-22H2,1,3-6H3,(H,33,36)(H,34,38). The van der Waals surface area contributed by atoms with Crippen LogP contribution in [0, 0.1) is 12.3 Å².